The van der Waals surface area contributed by atoms with Crippen LogP contribution in [0.1, 0.15) is 52.4 Å². The van der Waals surface area contributed by atoms with Crippen LogP contribution in [0.4, 0.5) is 0 Å². The van der Waals surface area contributed by atoms with Crippen molar-refractivity contribution in [1.29, 1.82) is 0 Å². The molecule has 0 radical (unpaired) electrons. The van der Waals surface area contributed by atoms with Crippen LogP contribution in [-0.4, -0.2) is 17.3 Å². The Bertz CT molecular complexity index is 114. The SMILES string of the molecule is CCCCCCCCSP(O)OCC. The monoisotopic (exact) mass is 238 g/mol. The zero-order valence-corrected chi connectivity index (χ0v) is 11.1. The second-order valence-corrected chi connectivity index (χ2v) is 6.37. The van der Waals surface area contributed by atoms with E-state index < -0.39 is 7.58 Å². The van der Waals surface area contributed by atoms with Crippen molar-refractivity contribution in [3.63, 3.8) is 0 Å². The molecule has 0 spiro atoms. The van der Waals surface area contributed by atoms with Gasteiger partial charge in [0.1, 0.15) is 0 Å². The molecule has 0 aliphatic carbocycles. The predicted molar refractivity (Wildman–Crippen MR) is 66.6 cm³/mol. The van der Waals surface area contributed by atoms with E-state index in [1.165, 1.54) is 38.5 Å². The molecule has 0 aromatic rings. The van der Waals surface area contributed by atoms with E-state index in [0.29, 0.717) is 6.61 Å². The van der Waals surface area contributed by atoms with Crippen LogP contribution in [0.25, 0.3) is 0 Å². The fraction of sp³-hybridized carbons (Fsp3) is 1.00. The summed E-state index contributed by atoms with van der Waals surface area (Å²) >= 11 is 1.56. The van der Waals surface area contributed by atoms with Gasteiger partial charge in [-0.25, -0.2) is 0 Å². The van der Waals surface area contributed by atoms with Gasteiger partial charge in [-0.15, -0.1) is 0 Å². The summed E-state index contributed by atoms with van der Waals surface area (Å²) in [6.45, 7) is 4.76. The zero-order chi connectivity index (χ0) is 10.6. The highest BCUT2D eigenvalue weighted by atomic mass is 32.7. The van der Waals surface area contributed by atoms with E-state index in [-0.39, 0.29) is 0 Å². The van der Waals surface area contributed by atoms with Crippen LogP contribution in [0.15, 0.2) is 0 Å². The van der Waals surface area contributed by atoms with E-state index in [9.17, 15) is 4.89 Å². The molecule has 14 heavy (non-hydrogen) atoms. The summed E-state index contributed by atoms with van der Waals surface area (Å²) in [4.78, 5) is 9.30. The molecular weight excluding hydrogens is 215 g/mol. The quantitative estimate of drug-likeness (QED) is 0.453. The van der Waals surface area contributed by atoms with Crippen molar-refractivity contribution < 1.29 is 9.42 Å². The molecule has 4 heteroatoms. The minimum atomic E-state index is -1.19. The van der Waals surface area contributed by atoms with Gasteiger partial charge in [-0.3, -0.25) is 0 Å². The van der Waals surface area contributed by atoms with E-state index >= 15 is 0 Å². The molecule has 0 bridgehead atoms. The number of rotatable bonds is 10. The summed E-state index contributed by atoms with van der Waals surface area (Å²) in [5.74, 6) is 1.04. The first-order valence-electron chi connectivity index (χ1n) is 5.56. The number of unbranched alkanes of at least 4 members (excludes halogenated alkanes) is 5. The van der Waals surface area contributed by atoms with Crippen LogP contribution in [0.5, 0.6) is 0 Å². The van der Waals surface area contributed by atoms with Crippen LogP contribution in [-0.2, 0) is 4.52 Å². The number of hydrogen-bond donors (Lipinski definition) is 1. The van der Waals surface area contributed by atoms with Gasteiger partial charge in [0, 0.05) is 5.75 Å². The van der Waals surface area contributed by atoms with E-state index in [0.717, 1.165) is 5.75 Å². The molecule has 0 aliphatic heterocycles. The van der Waals surface area contributed by atoms with E-state index in [2.05, 4.69) is 6.92 Å². The fourth-order valence-electron chi connectivity index (χ4n) is 1.17. The van der Waals surface area contributed by atoms with Crippen LogP contribution >= 0.6 is 19.0 Å². The van der Waals surface area contributed by atoms with Crippen LogP contribution in [0.3, 0.4) is 0 Å². The summed E-state index contributed by atoms with van der Waals surface area (Å²) in [5, 5.41) is 0. The summed E-state index contributed by atoms with van der Waals surface area (Å²) in [5.41, 5.74) is 0. The van der Waals surface area contributed by atoms with Gasteiger partial charge >= 0.3 is 0 Å². The highest BCUT2D eigenvalue weighted by Crippen LogP contribution is 2.46. The molecule has 0 aliphatic rings. The van der Waals surface area contributed by atoms with Crippen LogP contribution in [0, 0.1) is 0 Å². The summed E-state index contributed by atoms with van der Waals surface area (Å²) < 4.78 is 5.07. The Labute approximate surface area is 93.5 Å². The van der Waals surface area contributed by atoms with E-state index in [1.807, 2.05) is 6.92 Å². The standard InChI is InChI=1S/C10H23O2PS/c1-3-5-6-7-8-9-10-14-13(11)12-4-2/h11H,3-10H2,1-2H3. The molecule has 0 aromatic carbocycles. The van der Waals surface area contributed by atoms with Gasteiger partial charge in [0.2, 0.25) is 7.58 Å². The highest BCUT2D eigenvalue weighted by Gasteiger charge is 2.03. The van der Waals surface area contributed by atoms with Gasteiger partial charge < -0.3 is 9.42 Å². The van der Waals surface area contributed by atoms with Crippen LogP contribution < -0.4 is 0 Å². The van der Waals surface area contributed by atoms with Gasteiger partial charge in [0.15, 0.2) is 0 Å². The molecule has 0 amide bonds. The van der Waals surface area contributed by atoms with Gasteiger partial charge in [-0.2, -0.15) is 0 Å². The Morgan fingerprint density at radius 2 is 1.71 bits per heavy atom. The smallest absolute Gasteiger partial charge is 0.235 e. The molecule has 0 fully saturated rings. The average Bonchev–Trinajstić information content (AvgIpc) is 2.17. The van der Waals surface area contributed by atoms with Crippen LogP contribution in [0.2, 0.25) is 0 Å². The third kappa shape index (κ3) is 10.8. The predicted octanol–water partition coefficient (Wildman–Crippen LogP) is 4.34. The first-order chi connectivity index (χ1) is 6.81. The largest absolute Gasteiger partial charge is 0.342 e. The molecule has 1 atom stereocenters. The van der Waals surface area contributed by atoms with Crippen molar-refractivity contribution in [2.24, 2.45) is 0 Å². The average molecular weight is 238 g/mol. The van der Waals surface area contributed by atoms with E-state index in [4.69, 9.17) is 4.52 Å². The van der Waals surface area contributed by atoms with Gasteiger partial charge in [-0.05, 0) is 13.3 Å². The lowest BCUT2D eigenvalue weighted by Gasteiger charge is -2.07. The van der Waals surface area contributed by atoms with Crippen molar-refractivity contribution in [2.75, 3.05) is 12.4 Å². The lowest BCUT2D eigenvalue weighted by atomic mass is 10.1. The molecule has 0 rings (SSSR count). The van der Waals surface area contributed by atoms with Gasteiger partial charge in [0.05, 0.1) is 6.61 Å². The molecule has 0 saturated heterocycles. The van der Waals surface area contributed by atoms with E-state index in [1.54, 1.807) is 11.4 Å². The first kappa shape index (κ1) is 14.7. The highest BCUT2D eigenvalue weighted by molar-refractivity contribution is 8.52. The molecule has 1 unspecified atom stereocenters. The fourth-order valence-corrected chi connectivity index (χ4v) is 3.35. The maximum Gasteiger partial charge on any atom is 0.235 e. The third-order valence-corrected chi connectivity index (χ3v) is 4.64. The third-order valence-electron chi connectivity index (χ3n) is 1.94. The molecule has 86 valence electrons. The van der Waals surface area contributed by atoms with Crippen molar-refractivity contribution in [3.05, 3.63) is 0 Å². The topological polar surface area (TPSA) is 29.5 Å². The summed E-state index contributed by atoms with van der Waals surface area (Å²) in [7, 11) is -1.19. The molecule has 1 N–H and O–H groups in total. The molecule has 0 aromatic heterocycles. The Morgan fingerprint density at radius 1 is 1.07 bits per heavy atom. The Kier molecular flexibility index (Phi) is 12.4. The van der Waals surface area contributed by atoms with Gasteiger partial charge in [-0.1, -0.05) is 50.4 Å². The maximum absolute atomic E-state index is 9.30. The second-order valence-electron chi connectivity index (χ2n) is 3.26. The first-order valence-corrected chi connectivity index (χ1v) is 8.36. The Morgan fingerprint density at radius 3 is 2.36 bits per heavy atom. The molecule has 0 heterocycles. The van der Waals surface area contributed by atoms with Gasteiger partial charge in [0.25, 0.3) is 0 Å². The summed E-state index contributed by atoms with van der Waals surface area (Å²) in [6.07, 6.45) is 7.87. The number of hydrogen-bond acceptors (Lipinski definition) is 3. The zero-order valence-electron chi connectivity index (χ0n) is 9.37. The van der Waals surface area contributed by atoms with Crippen molar-refractivity contribution in [2.45, 2.75) is 52.4 Å². The summed E-state index contributed by atoms with van der Waals surface area (Å²) in [6, 6.07) is 0. The lowest BCUT2D eigenvalue weighted by molar-refractivity contribution is 0.343. The van der Waals surface area contributed by atoms with Crippen molar-refractivity contribution >= 4 is 19.0 Å². The Balaban J connectivity index is 2.98. The minimum absolute atomic E-state index is 0.617. The normalized spacial score (nSPS) is 13.1. The van der Waals surface area contributed by atoms with Crippen molar-refractivity contribution in [3.8, 4) is 0 Å². The minimum Gasteiger partial charge on any atom is -0.342 e. The molecular formula is C10H23O2PS. The van der Waals surface area contributed by atoms with Crippen molar-refractivity contribution in [1.82, 2.24) is 0 Å². The molecule has 2 nitrogen and oxygen atoms in total. The lowest BCUT2D eigenvalue weighted by Crippen LogP contribution is -1.84. The maximum atomic E-state index is 9.30. The second kappa shape index (κ2) is 11.8. The molecule has 0 saturated carbocycles. The Hall–Kier alpha value is 0.700.